The largest absolute Gasteiger partial charge is 0.496 e. The van der Waals surface area contributed by atoms with Gasteiger partial charge in [0, 0.05) is 13.0 Å². The van der Waals surface area contributed by atoms with Crippen molar-refractivity contribution >= 4 is 32.6 Å². The van der Waals surface area contributed by atoms with Crippen LogP contribution in [0.25, 0.3) is 10.2 Å². The summed E-state index contributed by atoms with van der Waals surface area (Å²) in [6.45, 7) is 1.33. The summed E-state index contributed by atoms with van der Waals surface area (Å²) >= 11 is 1.56. The molecule has 4 rings (SSSR count). The van der Waals surface area contributed by atoms with Gasteiger partial charge in [-0.25, -0.2) is 4.98 Å². The van der Waals surface area contributed by atoms with Crippen molar-refractivity contribution in [3.63, 3.8) is 0 Å². The topological polar surface area (TPSA) is 51.7 Å². The average molecular weight is 397 g/mol. The summed E-state index contributed by atoms with van der Waals surface area (Å²) in [5.41, 5.74) is 1.97. The third kappa shape index (κ3) is 4.18. The summed E-state index contributed by atoms with van der Waals surface area (Å²) in [7, 11) is 1.66. The molecule has 1 aliphatic rings. The number of nitrogens with zero attached hydrogens (tertiary/aromatic N) is 2. The van der Waals surface area contributed by atoms with Crippen LogP contribution in [0.3, 0.4) is 0 Å². The lowest BCUT2D eigenvalue weighted by Crippen LogP contribution is -2.37. The average Bonchev–Trinajstić information content (AvgIpc) is 3.39. The Morgan fingerprint density at radius 1 is 1.25 bits per heavy atom. The van der Waals surface area contributed by atoms with Crippen LogP contribution in [0.2, 0.25) is 0 Å². The van der Waals surface area contributed by atoms with Crippen LogP contribution in [0, 0.1) is 0 Å². The first kappa shape index (κ1) is 18.9. The second kappa shape index (κ2) is 8.71. The van der Waals surface area contributed by atoms with Crippen LogP contribution in [-0.4, -0.2) is 37.3 Å². The molecule has 0 unspecified atom stereocenters. The van der Waals surface area contributed by atoms with Crippen LogP contribution in [0.4, 0.5) is 5.13 Å². The van der Waals surface area contributed by atoms with Gasteiger partial charge in [0.1, 0.15) is 5.75 Å². The number of anilines is 1. The van der Waals surface area contributed by atoms with E-state index in [0.29, 0.717) is 19.4 Å². The Bertz CT molecular complexity index is 917. The molecular weight excluding hydrogens is 372 g/mol. The van der Waals surface area contributed by atoms with Gasteiger partial charge in [-0.05, 0) is 43.0 Å². The molecule has 5 nitrogen and oxygen atoms in total. The molecule has 1 atom stereocenters. The number of amides is 1. The number of carbonyl (C=O) groups excluding carboxylic acids is 1. The van der Waals surface area contributed by atoms with E-state index in [1.54, 1.807) is 18.4 Å². The van der Waals surface area contributed by atoms with E-state index in [4.69, 9.17) is 14.5 Å². The smallest absolute Gasteiger partial charge is 0.229 e. The van der Waals surface area contributed by atoms with Crippen molar-refractivity contribution < 1.29 is 14.3 Å². The van der Waals surface area contributed by atoms with E-state index < -0.39 is 0 Å². The summed E-state index contributed by atoms with van der Waals surface area (Å²) in [5, 5.41) is 0.752. The molecule has 28 heavy (non-hydrogen) atoms. The summed E-state index contributed by atoms with van der Waals surface area (Å²) in [6.07, 6.45) is 3.16. The molecule has 0 aliphatic carbocycles. The van der Waals surface area contributed by atoms with Gasteiger partial charge in [-0.15, -0.1) is 0 Å². The van der Waals surface area contributed by atoms with Crippen molar-refractivity contribution in [1.29, 1.82) is 0 Å². The fraction of sp³-hybridized carbons (Fsp3) is 0.364. The lowest BCUT2D eigenvalue weighted by atomic mass is 10.1. The molecule has 0 spiro atoms. The molecule has 3 aromatic rings. The second-order valence-corrected chi connectivity index (χ2v) is 7.92. The Morgan fingerprint density at radius 3 is 2.86 bits per heavy atom. The number of fused-ring (bicyclic) bond motifs is 1. The number of hydrogen-bond donors (Lipinski definition) is 0. The molecule has 0 N–H and O–H groups in total. The zero-order chi connectivity index (χ0) is 19.3. The van der Waals surface area contributed by atoms with Crippen molar-refractivity contribution in [2.75, 3.05) is 25.2 Å². The quantitative estimate of drug-likeness (QED) is 0.592. The minimum atomic E-state index is 0.0699. The first-order chi connectivity index (χ1) is 13.7. The van der Waals surface area contributed by atoms with Crippen LogP contribution in [-0.2, 0) is 16.0 Å². The molecule has 2 aromatic carbocycles. The number of carbonyl (C=O) groups is 1. The van der Waals surface area contributed by atoms with Crippen molar-refractivity contribution in [3.05, 3.63) is 54.1 Å². The van der Waals surface area contributed by atoms with Gasteiger partial charge in [-0.1, -0.05) is 41.7 Å². The third-order valence-corrected chi connectivity index (χ3v) is 6.08. The molecular formula is C22H24N2O3S. The molecule has 1 aromatic heterocycles. The molecule has 1 aliphatic heterocycles. The van der Waals surface area contributed by atoms with E-state index >= 15 is 0 Å². The molecule has 146 valence electrons. The monoisotopic (exact) mass is 396 g/mol. The predicted octanol–water partition coefficient (Wildman–Crippen LogP) is 4.45. The molecule has 1 fully saturated rings. The third-order valence-electron chi connectivity index (χ3n) is 5.03. The van der Waals surface area contributed by atoms with Crippen molar-refractivity contribution in [2.24, 2.45) is 0 Å². The van der Waals surface area contributed by atoms with Crippen molar-refractivity contribution in [3.8, 4) is 5.75 Å². The number of hydrogen-bond acceptors (Lipinski definition) is 5. The number of ether oxygens (including phenoxy) is 2. The normalized spacial score (nSPS) is 16.4. The molecule has 0 saturated carbocycles. The van der Waals surface area contributed by atoms with E-state index in [9.17, 15) is 4.79 Å². The van der Waals surface area contributed by atoms with E-state index in [1.165, 1.54) is 0 Å². The number of benzene rings is 2. The summed E-state index contributed by atoms with van der Waals surface area (Å²) in [6, 6.07) is 15.8. The van der Waals surface area contributed by atoms with Gasteiger partial charge in [0.25, 0.3) is 0 Å². The first-order valence-corrected chi connectivity index (χ1v) is 10.5. The van der Waals surface area contributed by atoms with Gasteiger partial charge in [0.2, 0.25) is 5.91 Å². The van der Waals surface area contributed by atoms with E-state index in [1.807, 2.05) is 53.4 Å². The van der Waals surface area contributed by atoms with Gasteiger partial charge in [0.15, 0.2) is 5.13 Å². The number of aryl methyl sites for hydroxylation is 1. The van der Waals surface area contributed by atoms with Gasteiger partial charge in [0.05, 0.1) is 30.0 Å². The maximum Gasteiger partial charge on any atom is 0.229 e. The molecule has 0 bridgehead atoms. The maximum atomic E-state index is 13.2. The molecule has 0 radical (unpaired) electrons. The highest BCUT2D eigenvalue weighted by Crippen LogP contribution is 2.30. The summed E-state index contributed by atoms with van der Waals surface area (Å²) in [5.74, 6) is 0.890. The Labute approximate surface area is 168 Å². The standard InChI is InChI=1S/C22H24N2O3S/c1-26-19-10-4-2-7-16(19)12-13-21(25)24(15-17-8-6-14-27-17)22-23-18-9-3-5-11-20(18)28-22/h2-5,7,9-11,17H,6,8,12-15H2,1H3/t17-/m0/s1. The zero-order valence-electron chi connectivity index (χ0n) is 16.0. The SMILES string of the molecule is COc1ccccc1CCC(=O)N(C[C@@H]1CCCO1)c1nc2ccccc2s1. The second-order valence-electron chi connectivity index (χ2n) is 6.92. The molecule has 6 heteroatoms. The number of aromatic nitrogens is 1. The van der Waals surface area contributed by atoms with Crippen LogP contribution >= 0.6 is 11.3 Å². The van der Waals surface area contributed by atoms with Crippen LogP contribution < -0.4 is 9.64 Å². The number of thiazole rings is 1. The van der Waals surface area contributed by atoms with Crippen molar-refractivity contribution in [1.82, 2.24) is 4.98 Å². The summed E-state index contributed by atoms with van der Waals surface area (Å²) < 4.78 is 12.3. The summed E-state index contributed by atoms with van der Waals surface area (Å²) in [4.78, 5) is 19.7. The highest BCUT2D eigenvalue weighted by Gasteiger charge is 2.26. The van der Waals surface area contributed by atoms with Crippen LogP contribution in [0.1, 0.15) is 24.8 Å². The number of rotatable bonds is 7. The Kier molecular flexibility index (Phi) is 5.88. The number of para-hydroxylation sites is 2. The molecule has 1 saturated heterocycles. The predicted molar refractivity (Wildman–Crippen MR) is 112 cm³/mol. The van der Waals surface area contributed by atoms with Gasteiger partial charge in [-0.2, -0.15) is 0 Å². The minimum absolute atomic E-state index is 0.0699. The highest BCUT2D eigenvalue weighted by atomic mass is 32.1. The van der Waals surface area contributed by atoms with E-state index in [2.05, 4.69) is 0 Å². The first-order valence-electron chi connectivity index (χ1n) is 9.64. The zero-order valence-corrected chi connectivity index (χ0v) is 16.8. The molecule has 2 heterocycles. The molecule has 1 amide bonds. The van der Waals surface area contributed by atoms with Crippen LogP contribution in [0.5, 0.6) is 5.75 Å². The van der Waals surface area contributed by atoms with Crippen LogP contribution in [0.15, 0.2) is 48.5 Å². The lowest BCUT2D eigenvalue weighted by molar-refractivity contribution is -0.119. The Balaban J connectivity index is 1.54. The lowest BCUT2D eigenvalue weighted by Gasteiger charge is -2.23. The van der Waals surface area contributed by atoms with Gasteiger partial charge >= 0.3 is 0 Å². The maximum absolute atomic E-state index is 13.2. The van der Waals surface area contributed by atoms with E-state index in [0.717, 1.165) is 46.1 Å². The fourth-order valence-electron chi connectivity index (χ4n) is 3.54. The fourth-order valence-corrected chi connectivity index (χ4v) is 4.53. The van der Waals surface area contributed by atoms with Gasteiger partial charge < -0.3 is 9.47 Å². The number of methoxy groups -OCH3 is 1. The Hall–Kier alpha value is -2.44. The minimum Gasteiger partial charge on any atom is -0.496 e. The van der Waals surface area contributed by atoms with Crippen molar-refractivity contribution in [2.45, 2.75) is 31.8 Å². The highest BCUT2D eigenvalue weighted by molar-refractivity contribution is 7.22. The van der Waals surface area contributed by atoms with E-state index in [-0.39, 0.29) is 12.0 Å². The van der Waals surface area contributed by atoms with Gasteiger partial charge in [-0.3, -0.25) is 9.69 Å². The Morgan fingerprint density at radius 2 is 2.07 bits per heavy atom.